The molecule has 20 heavy (non-hydrogen) atoms. The average Bonchev–Trinajstić information content (AvgIpc) is 2.40. The van der Waals surface area contributed by atoms with Gasteiger partial charge in [0.2, 0.25) is 0 Å². The summed E-state index contributed by atoms with van der Waals surface area (Å²) < 4.78 is 18.8. The van der Waals surface area contributed by atoms with Gasteiger partial charge in [-0.1, -0.05) is 12.1 Å². The minimum atomic E-state index is -0.902. The third-order valence-corrected chi connectivity index (χ3v) is 3.52. The first-order valence-electron chi connectivity index (χ1n) is 6.53. The molecule has 0 spiro atoms. The summed E-state index contributed by atoms with van der Waals surface area (Å²) in [6.45, 7) is 5.75. The largest absolute Gasteiger partial charge is 0.496 e. The van der Waals surface area contributed by atoms with Crippen LogP contribution in [0.15, 0.2) is 30.3 Å². The fourth-order valence-corrected chi connectivity index (χ4v) is 2.52. The normalized spacial score (nSPS) is 12.3. The number of halogens is 1. The van der Waals surface area contributed by atoms with Crippen molar-refractivity contribution in [1.29, 1.82) is 0 Å². The lowest BCUT2D eigenvalue weighted by atomic mass is 9.92. The number of aryl methyl sites for hydroxylation is 3. The van der Waals surface area contributed by atoms with Gasteiger partial charge in [-0.2, -0.15) is 0 Å². The standard InChI is InChI=1S/C17H19FO2/c1-10-7-12(3)16(15(8-10)20-4)17(19)14-9-13(18)6-5-11(14)2/h5-9,17,19H,1-4H3. The van der Waals surface area contributed by atoms with Crippen LogP contribution >= 0.6 is 0 Å². The van der Waals surface area contributed by atoms with Crippen LogP contribution in [0.2, 0.25) is 0 Å². The first-order valence-corrected chi connectivity index (χ1v) is 6.53. The first kappa shape index (κ1) is 14.5. The van der Waals surface area contributed by atoms with E-state index in [1.165, 1.54) is 12.1 Å². The van der Waals surface area contributed by atoms with Crippen molar-refractivity contribution in [3.05, 3.63) is 64.0 Å². The van der Waals surface area contributed by atoms with Gasteiger partial charge in [-0.3, -0.25) is 0 Å². The molecular weight excluding hydrogens is 255 g/mol. The average molecular weight is 274 g/mol. The number of aliphatic hydroxyl groups is 1. The summed E-state index contributed by atoms with van der Waals surface area (Å²) in [7, 11) is 1.57. The van der Waals surface area contributed by atoms with Crippen LogP contribution in [0.5, 0.6) is 5.75 Å². The summed E-state index contributed by atoms with van der Waals surface area (Å²) in [6, 6.07) is 8.29. The van der Waals surface area contributed by atoms with E-state index >= 15 is 0 Å². The molecule has 0 amide bonds. The van der Waals surface area contributed by atoms with Crippen molar-refractivity contribution < 1.29 is 14.2 Å². The van der Waals surface area contributed by atoms with Gasteiger partial charge in [-0.25, -0.2) is 4.39 Å². The monoisotopic (exact) mass is 274 g/mol. The molecule has 0 fully saturated rings. The molecule has 1 unspecified atom stereocenters. The van der Waals surface area contributed by atoms with Gasteiger partial charge in [0, 0.05) is 5.56 Å². The lowest BCUT2D eigenvalue weighted by Crippen LogP contribution is -2.07. The van der Waals surface area contributed by atoms with Crippen LogP contribution in [-0.2, 0) is 0 Å². The highest BCUT2D eigenvalue weighted by Crippen LogP contribution is 2.35. The molecule has 0 radical (unpaired) electrons. The minimum Gasteiger partial charge on any atom is -0.496 e. The van der Waals surface area contributed by atoms with Crippen molar-refractivity contribution in [3.8, 4) is 5.75 Å². The zero-order valence-electron chi connectivity index (χ0n) is 12.2. The van der Waals surface area contributed by atoms with E-state index in [0.717, 1.165) is 16.7 Å². The van der Waals surface area contributed by atoms with Crippen molar-refractivity contribution in [2.24, 2.45) is 0 Å². The zero-order valence-corrected chi connectivity index (χ0v) is 12.2. The lowest BCUT2D eigenvalue weighted by Gasteiger charge is -2.20. The lowest BCUT2D eigenvalue weighted by molar-refractivity contribution is 0.212. The maximum absolute atomic E-state index is 13.4. The second-order valence-electron chi connectivity index (χ2n) is 5.10. The molecule has 1 atom stereocenters. The molecule has 2 rings (SSSR count). The Morgan fingerprint density at radius 1 is 1.05 bits per heavy atom. The van der Waals surface area contributed by atoms with Gasteiger partial charge in [-0.15, -0.1) is 0 Å². The van der Waals surface area contributed by atoms with E-state index < -0.39 is 6.10 Å². The highest BCUT2D eigenvalue weighted by molar-refractivity contribution is 5.48. The van der Waals surface area contributed by atoms with Crippen molar-refractivity contribution in [2.45, 2.75) is 26.9 Å². The summed E-state index contributed by atoms with van der Waals surface area (Å²) in [4.78, 5) is 0. The topological polar surface area (TPSA) is 29.5 Å². The Kier molecular flexibility index (Phi) is 4.09. The molecule has 2 aromatic carbocycles. The molecule has 2 nitrogen and oxygen atoms in total. The van der Waals surface area contributed by atoms with E-state index in [1.54, 1.807) is 13.2 Å². The van der Waals surface area contributed by atoms with Gasteiger partial charge in [0.1, 0.15) is 17.7 Å². The maximum atomic E-state index is 13.4. The summed E-state index contributed by atoms with van der Waals surface area (Å²) >= 11 is 0. The molecule has 0 aromatic heterocycles. The Morgan fingerprint density at radius 3 is 2.40 bits per heavy atom. The number of hydrogen-bond donors (Lipinski definition) is 1. The predicted octanol–water partition coefficient (Wildman–Crippen LogP) is 3.84. The zero-order chi connectivity index (χ0) is 14.9. The van der Waals surface area contributed by atoms with Crippen LogP contribution in [-0.4, -0.2) is 12.2 Å². The first-order chi connectivity index (χ1) is 9.43. The van der Waals surface area contributed by atoms with Gasteiger partial charge in [0.05, 0.1) is 7.11 Å². The van der Waals surface area contributed by atoms with Gasteiger partial charge < -0.3 is 9.84 Å². The molecular formula is C17H19FO2. The third-order valence-electron chi connectivity index (χ3n) is 3.52. The third kappa shape index (κ3) is 2.68. The van der Waals surface area contributed by atoms with Crippen LogP contribution in [0, 0.1) is 26.6 Å². The molecule has 0 heterocycles. The molecule has 0 aliphatic rings. The Labute approximate surface area is 118 Å². The molecule has 0 saturated heterocycles. The van der Waals surface area contributed by atoms with E-state index in [9.17, 15) is 9.50 Å². The van der Waals surface area contributed by atoms with Crippen LogP contribution in [0.1, 0.15) is 33.9 Å². The SMILES string of the molecule is COc1cc(C)cc(C)c1C(O)c1cc(F)ccc1C. The molecule has 1 N–H and O–H groups in total. The van der Waals surface area contributed by atoms with Gasteiger partial charge in [0.25, 0.3) is 0 Å². The Hall–Kier alpha value is -1.87. The van der Waals surface area contributed by atoms with E-state index in [-0.39, 0.29) is 5.82 Å². The number of ether oxygens (including phenoxy) is 1. The highest BCUT2D eigenvalue weighted by atomic mass is 19.1. The number of rotatable bonds is 3. The van der Waals surface area contributed by atoms with Crippen LogP contribution in [0.25, 0.3) is 0 Å². The minimum absolute atomic E-state index is 0.353. The fraction of sp³-hybridized carbons (Fsp3) is 0.294. The number of methoxy groups -OCH3 is 1. The van der Waals surface area contributed by atoms with Crippen molar-refractivity contribution >= 4 is 0 Å². The summed E-state index contributed by atoms with van der Waals surface area (Å²) in [5.41, 5.74) is 4.09. The van der Waals surface area contributed by atoms with Gasteiger partial charge >= 0.3 is 0 Å². The quantitative estimate of drug-likeness (QED) is 0.921. The van der Waals surface area contributed by atoms with Gasteiger partial charge in [-0.05, 0) is 61.2 Å². The Morgan fingerprint density at radius 2 is 1.75 bits per heavy atom. The number of hydrogen-bond acceptors (Lipinski definition) is 2. The second kappa shape index (κ2) is 5.63. The van der Waals surface area contributed by atoms with Crippen molar-refractivity contribution in [2.75, 3.05) is 7.11 Å². The molecule has 0 aliphatic carbocycles. The number of aliphatic hydroxyl groups excluding tert-OH is 1. The summed E-state index contributed by atoms with van der Waals surface area (Å²) in [5, 5.41) is 10.6. The summed E-state index contributed by atoms with van der Waals surface area (Å²) in [5.74, 6) is 0.270. The smallest absolute Gasteiger partial charge is 0.125 e. The van der Waals surface area contributed by atoms with Crippen LogP contribution < -0.4 is 4.74 Å². The van der Waals surface area contributed by atoms with Crippen LogP contribution in [0.4, 0.5) is 4.39 Å². The number of benzene rings is 2. The Balaban J connectivity index is 2.58. The molecule has 0 bridgehead atoms. The van der Waals surface area contributed by atoms with E-state index in [2.05, 4.69) is 0 Å². The fourth-order valence-electron chi connectivity index (χ4n) is 2.52. The Bertz CT molecular complexity index is 635. The van der Waals surface area contributed by atoms with Gasteiger partial charge in [0.15, 0.2) is 0 Å². The summed E-state index contributed by atoms with van der Waals surface area (Å²) in [6.07, 6.45) is -0.902. The van der Waals surface area contributed by atoms with Crippen molar-refractivity contribution in [3.63, 3.8) is 0 Å². The second-order valence-corrected chi connectivity index (χ2v) is 5.10. The molecule has 0 saturated carbocycles. The molecule has 0 aliphatic heterocycles. The molecule has 2 aromatic rings. The van der Waals surface area contributed by atoms with E-state index in [0.29, 0.717) is 16.9 Å². The predicted molar refractivity (Wildman–Crippen MR) is 77.7 cm³/mol. The molecule has 106 valence electrons. The van der Waals surface area contributed by atoms with Crippen LogP contribution in [0.3, 0.4) is 0 Å². The maximum Gasteiger partial charge on any atom is 0.125 e. The highest BCUT2D eigenvalue weighted by Gasteiger charge is 2.20. The molecule has 3 heteroatoms. The van der Waals surface area contributed by atoms with Crippen molar-refractivity contribution in [1.82, 2.24) is 0 Å². The van der Waals surface area contributed by atoms with E-state index in [4.69, 9.17) is 4.74 Å². The van der Waals surface area contributed by atoms with E-state index in [1.807, 2.05) is 32.9 Å².